The molecule has 0 unspecified atom stereocenters. The molecule has 0 aliphatic carbocycles. The molecule has 0 atom stereocenters. The van der Waals surface area contributed by atoms with Gasteiger partial charge in [0.25, 0.3) is 0 Å². The second-order valence-electron chi connectivity index (χ2n) is 6.68. The lowest BCUT2D eigenvalue weighted by molar-refractivity contribution is -0.137. The van der Waals surface area contributed by atoms with Gasteiger partial charge in [0.1, 0.15) is 0 Å². The van der Waals surface area contributed by atoms with Gasteiger partial charge < -0.3 is 15.1 Å². The zero-order valence-electron chi connectivity index (χ0n) is 15.8. The molecule has 1 fully saturated rings. The minimum absolute atomic E-state index is 0.109. The molecule has 1 saturated heterocycles. The molecule has 1 N–H and O–H groups in total. The van der Waals surface area contributed by atoms with Crippen LogP contribution < -0.4 is 10.2 Å². The number of hydrogen-bond acceptors (Lipinski definition) is 5. The van der Waals surface area contributed by atoms with E-state index in [0.29, 0.717) is 37.8 Å². The van der Waals surface area contributed by atoms with Gasteiger partial charge in [0.05, 0.1) is 5.56 Å². The number of nitrogens with one attached hydrogen (secondary N) is 1. The third-order valence-corrected chi connectivity index (χ3v) is 4.71. The SMILES string of the molecule is O=C(Nc1cccc(C(F)(F)F)c1)N1CCN(c2ccc(-n3cccn3)nn2)CC1. The van der Waals surface area contributed by atoms with Crippen molar-refractivity contribution < 1.29 is 18.0 Å². The van der Waals surface area contributed by atoms with E-state index in [2.05, 4.69) is 20.6 Å². The van der Waals surface area contributed by atoms with Crippen molar-refractivity contribution in [1.29, 1.82) is 0 Å². The number of nitrogens with zero attached hydrogens (tertiary/aromatic N) is 6. The van der Waals surface area contributed by atoms with Crippen LogP contribution in [0.4, 0.5) is 29.5 Å². The van der Waals surface area contributed by atoms with Crippen molar-refractivity contribution in [2.75, 3.05) is 36.4 Å². The van der Waals surface area contributed by atoms with Gasteiger partial charge in [-0.05, 0) is 36.4 Å². The lowest BCUT2D eigenvalue weighted by Gasteiger charge is -2.35. The summed E-state index contributed by atoms with van der Waals surface area (Å²) in [5.41, 5.74) is -0.695. The number of anilines is 2. The van der Waals surface area contributed by atoms with Crippen molar-refractivity contribution in [3.63, 3.8) is 0 Å². The van der Waals surface area contributed by atoms with Crippen molar-refractivity contribution >= 4 is 17.5 Å². The van der Waals surface area contributed by atoms with E-state index in [9.17, 15) is 18.0 Å². The minimum atomic E-state index is -4.46. The van der Waals surface area contributed by atoms with E-state index in [1.54, 1.807) is 28.0 Å². The lowest BCUT2D eigenvalue weighted by atomic mass is 10.2. The van der Waals surface area contributed by atoms with Gasteiger partial charge in [-0.3, -0.25) is 0 Å². The number of alkyl halides is 3. The Hall–Kier alpha value is -3.63. The number of rotatable bonds is 3. The van der Waals surface area contributed by atoms with Crippen LogP contribution in [0.5, 0.6) is 0 Å². The Morgan fingerprint density at radius 2 is 1.70 bits per heavy atom. The fourth-order valence-corrected chi connectivity index (χ4v) is 3.13. The summed E-state index contributed by atoms with van der Waals surface area (Å²) in [6.07, 6.45) is -1.04. The first-order chi connectivity index (χ1) is 14.4. The number of hydrogen-bond donors (Lipinski definition) is 1. The van der Waals surface area contributed by atoms with E-state index in [4.69, 9.17) is 0 Å². The minimum Gasteiger partial charge on any atom is -0.352 e. The summed E-state index contributed by atoms with van der Waals surface area (Å²) in [5, 5.41) is 15.0. The first kappa shape index (κ1) is 19.7. The number of halogens is 3. The Bertz CT molecular complexity index is 998. The van der Waals surface area contributed by atoms with Gasteiger partial charge in [-0.2, -0.15) is 18.3 Å². The van der Waals surface area contributed by atoms with Gasteiger partial charge in [0.15, 0.2) is 11.6 Å². The van der Waals surface area contributed by atoms with E-state index in [1.807, 2.05) is 17.0 Å². The molecular weight excluding hydrogens is 399 g/mol. The van der Waals surface area contributed by atoms with E-state index in [1.165, 1.54) is 12.1 Å². The van der Waals surface area contributed by atoms with Gasteiger partial charge in [0.2, 0.25) is 0 Å². The standard InChI is InChI=1S/C19H18F3N7O/c20-19(21,22)14-3-1-4-15(13-14)24-18(30)28-11-9-27(10-12-28)16-5-6-17(26-25-16)29-8-2-7-23-29/h1-8,13H,9-12H2,(H,24,30). The highest BCUT2D eigenvalue weighted by atomic mass is 19.4. The summed E-state index contributed by atoms with van der Waals surface area (Å²) in [5.74, 6) is 1.28. The number of amides is 2. The fourth-order valence-electron chi connectivity index (χ4n) is 3.13. The fraction of sp³-hybridized carbons (Fsp3) is 0.263. The monoisotopic (exact) mass is 417 g/mol. The topological polar surface area (TPSA) is 79.2 Å². The summed E-state index contributed by atoms with van der Waals surface area (Å²) in [6, 6.07) is 9.58. The van der Waals surface area contributed by atoms with E-state index < -0.39 is 17.8 Å². The van der Waals surface area contributed by atoms with Crippen molar-refractivity contribution in [3.8, 4) is 5.82 Å². The van der Waals surface area contributed by atoms with Gasteiger partial charge in [-0.1, -0.05) is 6.07 Å². The molecule has 30 heavy (non-hydrogen) atoms. The first-order valence-corrected chi connectivity index (χ1v) is 9.22. The van der Waals surface area contributed by atoms with Crippen LogP contribution in [0.1, 0.15) is 5.56 Å². The molecule has 2 amide bonds. The summed E-state index contributed by atoms with van der Waals surface area (Å²) >= 11 is 0. The van der Waals surface area contributed by atoms with Crippen LogP contribution in [-0.2, 0) is 6.18 Å². The molecule has 1 aliphatic rings. The van der Waals surface area contributed by atoms with Crippen LogP contribution in [-0.4, -0.2) is 57.1 Å². The third-order valence-electron chi connectivity index (χ3n) is 4.71. The van der Waals surface area contributed by atoms with Crippen molar-refractivity contribution in [3.05, 3.63) is 60.4 Å². The highest BCUT2D eigenvalue weighted by Gasteiger charge is 2.30. The predicted molar refractivity (Wildman–Crippen MR) is 103 cm³/mol. The van der Waals surface area contributed by atoms with E-state index >= 15 is 0 Å². The summed E-state index contributed by atoms with van der Waals surface area (Å²) in [7, 11) is 0. The van der Waals surface area contributed by atoms with E-state index in [-0.39, 0.29) is 5.69 Å². The van der Waals surface area contributed by atoms with Crippen LogP contribution in [0.25, 0.3) is 5.82 Å². The summed E-state index contributed by atoms with van der Waals surface area (Å²) < 4.78 is 40.1. The highest BCUT2D eigenvalue weighted by Crippen LogP contribution is 2.30. The third kappa shape index (κ3) is 4.34. The summed E-state index contributed by atoms with van der Waals surface area (Å²) in [4.78, 5) is 16.0. The lowest BCUT2D eigenvalue weighted by Crippen LogP contribution is -2.50. The van der Waals surface area contributed by atoms with Gasteiger partial charge in [-0.25, -0.2) is 9.48 Å². The molecule has 1 aromatic carbocycles. The molecule has 156 valence electrons. The average molecular weight is 417 g/mol. The second kappa shape index (κ2) is 8.01. The summed E-state index contributed by atoms with van der Waals surface area (Å²) in [6.45, 7) is 1.89. The first-order valence-electron chi connectivity index (χ1n) is 9.22. The van der Waals surface area contributed by atoms with Gasteiger partial charge in [0, 0.05) is 44.3 Å². The van der Waals surface area contributed by atoms with Crippen molar-refractivity contribution in [1.82, 2.24) is 24.9 Å². The van der Waals surface area contributed by atoms with Crippen molar-refractivity contribution in [2.24, 2.45) is 0 Å². The van der Waals surface area contributed by atoms with Gasteiger partial charge in [-0.15, -0.1) is 10.2 Å². The smallest absolute Gasteiger partial charge is 0.352 e. The van der Waals surface area contributed by atoms with Crippen molar-refractivity contribution in [2.45, 2.75) is 6.18 Å². The second-order valence-corrected chi connectivity index (χ2v) is 6.68. The Morgan fingerprint density at radius 1 is 0.967 bits per heavy atom. The number of aromatic nitrogens is 4. The number of carbonyl (C=O) groups is 1. The van der Waals surface area contributed by atoms with Crippen LogP contribution in [0.2, 0.25) is 0 Å². The molecule has 0 saturated carbocycles. The Kier molecular flexibility index (Phi) is 5.25. The van der Waals surface area contributed by atoms with Crippen LogP contribution in [0, 0.1) is 0 Å². The molecule has 8 nitrogen and oxygen atoms in total. The largest absolute Gasteiger partial charge is 0.416 e. The normalized spacial score (nSPS) is 14.6. The number of benzene rings is 1. The number of carbonyl (C=O) groups excluding carboxylic acids is 1. The molecule has 0 bridgehead atoms. The molecule has 0 spiro atoms. The highest BCUT2D eigenvalue weighted by molar-refractivity contribution is 5.89. The van der Waals surface area contributed by atoms with Gasteiger partial charge >= 0.3 is 12.2 Å². The maximum absolute atomic E-state index is 12.8. The zero-order valence-corrected chi connectivity index (χ0v) is 15.8. The number of piperazine rings is 1. The zero-order chi connectivity index (χ0) is 21.1. The molecule has 1 aliphatic heterocycles. The van der Waals surface area contributed by atoms with Crippen LogP contribution in [0.3, 0.4) is 0 Å². The number of urea groups is 1. The predicted octanol–water partition coefficient (Wildman–Crippen LogP) is 3.04. The average Bonchev–Trinajstić information content (AvgIpc) is 3.28. The Morgan fingerprint density at radius 3 is 2.33 bits per heavy atom. The molecule has 0 radical (unpaired) electrons. The van der Waals surface area contributed by atoms with Crippen LogP contribution >= 0.6 is 0 Å². The molecule has 3 aromatic rings. The molecule has 3 heterocycles. The maximum atomic E-state index is 12.8. The Balaban J connectivity index is 1.33. The molecular formula is C19H18F3N7O. The van der Waals surface area contributed by atoms with Crippen LogP contribution in [0.15, 0.2) is 54.9 Å². The quantitative estimate of drug-likeness (QED) is 0.709. The Labute approximate surface area is 169 Å². The molecule has 4 rings (SSSR count). The van der Waals surface area contributed by atoms with E-state index in [0.717, 1.165) is 12.1 Å². The molecule has 11 heteroatoms. The molecule has 2 aromatic heterocycles. The maximum Gasteiger partial charge on any atom is 0.416 e.